The Morgan fingerprint density at radius 1 is 0.206 bits per heavy atom. The highest BCUT2D eigenvalue weighted by molar-refractivity contribution is 6.06. The van der Waals surface area contributed by atoms with Crippen molar-refractivity contribution < 1.29 is 0 Å². The second-order valence-corrected chi connectivity index (χ2v) is 17.4. The lowest BCUT2D eigenvalue weighted by Gasteiger charge is -2.28. The molecule has 2 heteroatoms. The Balaban J connectivity index is 0.785. The van der Waals surface area contributed by atoms with Gasteiger partial charge in [0.1, 0.15) is 0 Å². The van der Waals surface area contributed by atoms with Crippen LogP contribution in [0.5, 0.6) is 0 Å². The van der Waals surface area contributed by atoms with E-state index < -0.39 is 0 Å². The van der Waals surface area contributed by atoms with E-state index in [4.69, 9.17) is 0 Å². The molecule has 12 aromatic rings. The summed E-state index contributed by atoms with van der Waals surface area (Å²) in [6.07, 6.45) is 8.83. The molecule has 12 aromatic carbocycles. The van der Waals surface area contributed by atoms with Crippen molar-refractivity contribution in [3.8, 4) is 0 Å². The summed E-state index contributed by atoms with van der Waals surface area (Å²) in [6.45, 7) is 0. The minimum Gasteiger partial charge on any atom is -0.309 e. The molecule has 0 atom stereocenters. The number of anilines is 6. The van der Waals surface area contributed by atoms with Crippen molar-refractivity contribution in [3.05, 3.63) is 277 Å². The number of fused-ring (bicyclic) bond motifs is 5. The molecule has 0 heterocycles. The molecule has 68 heavy (non-hydrogen) atoms. The summed E-state index contributed by atoms with van der Waals surface area (Å²) >= 11 is 0. The van der Waals surface area contributed by atoms with Gasteiger partial charge in [-0.15, -0.1) is 0 Å². The molecule has 2 nitrogen and oxygen atoms in total. The Labute approximate surface area is 397 Å². The summed E-state index contributed by atoms with van der Waals surface area (Å²) in [4.78, 5) is 4.80. The predicted octanol–water partition coefficient (Wildman–Crippen LogP) is 18.7. The zero-order valence-corrected chi connectivity index (χ0v) is 37.5. The molecule has 0 amide bonds. The summed E-state index contributed by atoms with van der Waals surface area (Å²) in [5.41, 5.74) is 11.5. The fourth-order valence-corrected chi connectivity index (χ4v) is 9.77. The maximum atomic E-state index is 2.40. The van der Waals surface area contributed by atoms with Gasteiger partial charge in [0.2, 0.25) is 0 Å². The number of rotatable bonds is 10. The smallest absolute Gasteiger partial charge is 0.0540 e. The highest BCUT2D eigenvalue weighted by Gasteiger charge is 2.19. The van der Waals surface area contributed by atoms with Gasteiger partial charge in [0.05, 0.1) is 22.7 Å². The lowest BCUT2D eigenvalue weighted by Crippen LogP contribution is -2.11. The Kier molecular flexibility index (Phi) is 10.6. The fraction of sp³-hybridized carbons (Fsp3) is 0. The summed E-state index contributed by atoms with van der Waals surface area (Å²) in [6, 6.07) is 92.0. The molecule has 0 aliphatic carbocycles. The highest BCUT2D eigenvalue weighted by Crippen LogP contribution is 2.44. The van der Waals surface area contributed by atoms with E-state index in [0.29, 0.717) is 0 Å². The van der Waals surface area contributed by atoms with Crippen LogP contribution in [0.15, 0.2) is 255 Å². The van der Waals surface area contributed by atoms with Gasteiger partial charge in [-0.3, -0.25) is 0 Å². The van der Waals surface area contributed by atoms with Crippen LogP contribution in [0.4, 0.5) is 34.1 Å². The van der Waals surface area contributed by atoms with Gasteiger partial charge in [-0.25, -0.2) is 0 Å². The SMILES string of the molecule is C(=Cc1ccc2cc(C=Cc3ccc(N(c4cccc5ccccc45)c4cccc5ccccc45)cc3)ccc2c1)c1ccc(N(c2cccc3ccccc23)c2cccc3ccccc23)cc1. The van der Waals surface area contributed by atoms with E-state index in [1.165, 1.54) is 65.0 Å². The van der Waals surface area contributed by atoms with Gasteiger partial charge in [0.15, 0.2) is 0 Å². The van der Waals surface area contributed by atoms with Crippen LogP contribution in [0.3, 0.4) is 0 Å². The predicted molar refractivity (Wildman–Crippen MR) is 294 cm³/mol. The number of hydrogen-bond donors (Lipinski definition) is 0. The van der Waals surface area contributed by atoms with Gasteiger partial charge >= 0.3 is 0 Å². The van der Waals surface area contributed by atoms with E-state index >= 15 is 0 Å². The Morgan fingerprint density at radius 3 is 0.794 bits per heavy atom. The maximum absolute atomic E-state index is 2.40. The molecule has 0 bridgehead atoms. The molecule has 0 fully saturated rings. The van der Waals surface area contributed by atoms with Crippen LogP contribution in [0.1, 0.15) is 22.3 Å². The van der Waals surface area contributed by atoms with Crippen molar-refractivity contribution in [2.45, 2.75) is 0 Å². The third kappa shape index (κ3) is 7.85. The average Bonchev–Trinajstić information content (AvgIpc) is 3.41. The minimum atomic E-state index is 1.11. The number of benzene rings is 12. The molecule has 0 aliphatic heterocycles. The fourth-order valence-electron chi connectivity index (χ4n) is 9.77. The first-order valence-electron chi connectivity index (χ1n) is 23.3. The van der Waals surface area contributed by atoms with E-state index in [0.717, 1.165) is 45.3 Å². The molecule has 0 spiro atoms. The van der Waals surface area contributed by atoms with Gasteiger partial charge in [-0.2, -0.15) is 0 Å². The lowest BCUT2D eigenvalue weighted by atomic mass is 10.0. The molecule has 12 rings (SSSR count). The average molecular weight is 867 g/mol. The third-order valence-electron chi connectivity index (χ3n) is 13.2. The van der Waals surface area contributed by atoms with Crippen molar-refractivity contribution in [3.63, 3.8) is 0 Å². The molecule has 0 N–H and O–H groups in total. The summed E-state index contributed by atoms with van der Waals surface area (Å²) in [5, 5.41) is 12.2. The lowest BCUT2D eigenvalue weighted by molar-refractivity contribution is 1.31. The largest absolute Gasteiger partial charge is 0.309 e. The molecule has 0 saturated heterocycles. The monoisotopic (exact) mass is 866 g/mol. The van der Waals surface area contributed by atoms with Gasteiger partial charge < -0.3 is 9.80 Å². The van der Waals surface area contributed by atoms with Gasteiger partial charge in [0, 0.05) is 32.9 Å². The maximum Gasteiger partial charge on any atom is 0.0540 e. The molecular formula is C66H46N2. The second-order valence-electron chi connectivity index (χ2n) is 17.4. The van der Waals surface area contributed by atoms with E-state index in [1.807, 2.05) is 0 Å². The van der Waals surface area contributed by atoms with E-state index in [1.54, 1.807) is 0 Å². The van der Waals surface area contributed by atoms with Crippen LogP contribution >= 0.6 is 0 Å². The summed E-state index contributed by atoms with van der Waals surface area (Å²) in [5.74, 6) is 0. The zero-order valence-electron chi connectivity index (χ0n) is 37.5. The molecule has 320 valence electrons. The number of nitrogens with zero attached hydrogens (tertiary/aromatic N) is 2. The Morgan fingerprint density at radius 2 is 0.471 bits per heavy atom. The van der Waals surface area contributed by atoms with Crippen LogP contribution in [0, 0.1) is 0 Å². The number of hydrogen-bond acceptors (Lipinski definition) is 2. The van der Waals surface area contributed by atoms with Crippen molar-refractivity contribution in [2.75, 3.05) is 9.80 Å². The van der Waals surface area contributed by atoms with Crippen molar-refractivity contribution in [1.29, 1.82) is 0 Å². The molecule has 0 unspecified atom stereocenters. The second kappa shape index (κ2) is 17.8. The molecule has 0 aromatic heterocycles. The van der Waals surface area contributed by atoms with Crippen LogP contribution in [-0.2, 0) is 0 Å². The van der Waals surface area contributed by atoms with Crippen LogP contribution < -0.4 is 9.80 Å². The van der Waals surface area contributed by atoms with Crippen molar-refractivity contribution in [2.24, 2.45) is 0 Å². The standard InChI is InChI=1S/C66H46N2/c1-5-21-59-51(13-1)17-9-25-63(59)67(64-26-10-18-52-14-2-6-22-60(52)64)57-41-35-47(36-42-57)29-31-49-33-39-56-46-50(34-40-55(56)45-49)32-30-48-37-43-58(44-38-48)68(65-27-11-19-53-15-3-7-23-61(53)65)66-28-12-20-54-16-4-8-24-62(54)66/h1-46H. The molecular weight excluding hydrogens is 821 g/mol. The topological polar surface area (TPSA) is 6.48 Å². The van der Waals surface area contributed by atoms with Gasteiger partial charge in [0.25, 0.3) is 0 Å². The normalized spacial score (nSPS) is 11.7. The first kappa shape index (κ1) is 40.5. The van der Waals surface area contributed by atoms with Crippen molar-refractivity contribution in [1.82, 2.24) is 0 Å². The van der Waals surface area contributed by atoms with E-state index in [2.05, 4.69) is 289 Å². The first-order chi connectivity index (χ1) is 33.7. The quantitative estimate of drug-likeness (QED) is 0.126. The highest BCUT2D eigenvalue weighted by atomic mass is 15.2. The van der Waals surface area contributed by atoms with Crippen LogP contribution in [0.2, 0.25) is 0 Å². The van der Waals surface area contributed by atoms with E-state index in [-0.39, 0.29) is 0 Å². The van der Waals surface area contributed by atoms with Crippen LogP contribution in [-0.4, -0.2) is 0 Å². The molecule has 0 aliphatic rings. The molecule has 0 saturated carbocycles. The zero-order chi connectivity index (χ0) is 45.2. The van der Waals surface area contributed by atoms with Crippen molar-refractivity contribution >= 4 is 112 Å². The first-order valence-corrected chi connectivity index (χ1v) is 23.3. The van der Waals surface area contributed by atoms with Gasteiger partial charge in [-0.1, -0.05) is 218 Å². The minimum absolute atomic E-state index is 1.11. The van der Waals surface area contributed by atoms with E-state index in [9.17, 15) is 0 Å². The molecule has 0 radical (unpaired) electrons. The van der Waals surface area contributed by atoms with Gasteiger partial charge in [-0.05, 0) is 115 Å². The Bertz CT molecular complexity index is 3430. The Hall–Kier alpha value is -8.98. The third-order valence-corrected chi connectivity index (χ3v) is 13.2. The summed E-state index contributed by atoms with van der Waals surface area (Å²) < 4.78 is 0. The summed E-state index contributed by atoms with van der Waals surface area (Å²) in [7, 11) is 0. The van der Waals surface area contributed by atoms with Crippen LogP contribution in [0.25, 0.3) is 78.2 Å².